The van der Waals surface area contributed by atoms with E-state index in [9.17, 15) is 0 Å². The third kappa shape index (κ3) is 8.53. The molecule has 2 heterocycles. The van der Waals surface area contributed by atoms with Gasteiger partial charge in [0.25, 0.3) is 0 Å². The van der Waals surface area contributed by atoms with E-state index in [1.165, 1.54) is 164 Å². The van der Waals surface area contributed by atoms with Crippen molar-refractivity contribution in [2.24, 2.45) is 0 Å². The molecule has 14 aromatic rings. The first-order valence-corrected chi connectivity index (χ1v) is 31.7. The van der Waals surface area contributed by atoms with Crippen LogP contribution in [0.3, 0.4) is 0 Å². The van der Waals surface area contributed by atoms with Gasteiger partial charge < -0.3 is 18.6 Å². The van der Waals surface area contributed by atoms with E-state index in [-0.39, 0.29) is 0 Å². The van der Waals surface area contributed by atoms with E-state index in [0.29, 0.717) is 11.8 Å². The average Bonchev–Trinajstić information content (AvgIpc) is 0.778. The molecule has 4 nitrogen and oxygen atoms in total. The van der Waals surface area contributed by atoms with Crippen LogP contribution in [0.25, 0.3) is 98.4 Å². The number of benzene rings is 12. The molecule has 0 bridgehead atoms. The first-order valence-electron chi connectivity index (χ1n) is 31.7. The quantitative estimate of drug-likeness (QED) is 0.128. The van der Waals surface area contributed by atoms with Gasteiger partial charge in [0.1, 0.15) is 11.2 Å². The molecule has 0 radical (unpaired) electrons. The van der Waals surface area contributed by atoms with Crippen LogP contribution in [0.5, 0.6) is 0 Å². The van der Waals surface area contributed by atoms with Crippen molar-refractivity contribution in [2.75, 3.05) is 9.80 Å². The zero-order valence-electron chi connectivity index (χ0n) is 50.4. The summed E-state index contributed by atoms with van der Waals surface area (Å²) in [5, 5.41) is 12.5. The third-order valence-electron chi connectivity index (χ3n) is 19.8. The van der Waals surface area contributed by atoms with E-state index in [2.05, 4.69) is 245 Å². The minimum atomic E-state index is 0.422. The summed E-state index contributed by atoms with van der Waals surface area (Å²) >= 11 is 0. The van der Waals surface area contributed by atoms with E-state index < -0.39 is 0 Å². The van der Waals surface area contributed by atoms with Crippen LogP contribution in [0.1, 0.15) is 121 Å². The summed E-state index contributed by atoms with van der Waals surface area (Å²) in [6, 6.07) is 73.8. The van der Waals surface area contributed by atoms with Crippen molar-refractivity contribution >= 4 is 110 Å². The first kappa shape index (κ1) is 52.4. The minimum Gasteiger partial charge on any atom is -0.453 e. The van der Waals surface area contributed by atoms with Gasteiger partial charge in [-0.3, -0.25) is 0 Å². The zero-order chi connectivity index (χ0) is 57.9. The Morgan fingerprint density at radius 3 is 1.03 bits per heavy atom. The standard InChI is InChI=1S/C82H72N2O2/c1-49-41-50(2)44-57(43-49)83(73-35-19-33-67-65-31-17-29-63(79(65)85-81(67)73)59-27-15-13-21-53(59)5)75-47-71(55-23-9-7-10-24-55)61-38-40-70-76(48-72(56-25-11-8-12-26-56)62-37-39-69(75)77(61)78(62)70)84(58-45-51(3)42-52(4)46-58)74-36-20-34-68-66-32-18-30-64(80(66)86-82(68)74)60-28-16-14-22-54(60)6/h13-22,27-48,55-56H,7-12,23-26H2,1-6H3. The molecule has 12 aromatic carbocycles. The molecule has 2 aliphatic rings. The van der Waals surface area contributed by atoms with E-state index in [0.717, 1.165) is 77.8 Å². The van der Waals surface area contributed by atoms with Gasteiger partial charge in [-0.25, -0.2) is 0 Å². The van der Waals surface area contributed by atoms with Crippen molar-refractivity contribution in [3.05, 3.63) is 239 Å². The fourth-order valence-electron chi connectivity index (χ4n) is 16.0. The third-order valence-corrected chi connectivity index (χ3v) is 19.8. The van der Waals surface area contributed by atoms with Crippen LogP contribution in [-0.4, -0.2) is 0 Å². The predicted octanol–water partition coefficient (Wildman–Crippen LogP) is 24.6. The van der Waals surface area contributed by atoms with Crippen LogP contribution in [-0.2, 0) is 0 Å². The number of hydrogen-bond donors (Lipinski definition) is 0. The average molecular weight is 1120 g/mol. The molecule has 0 aliphatic heterocycles. The van der Waals surface area contributed by atoms with Gasteiger partial charge in [-0.05, 0) is 205 Å². The Morgan fingerprint density at radius 1 is 0.291 bits per heavy atom. The van der Waals surface area contributed by atoms with Gasteiger partial charge in [0, 0.05) is 54.8 Å². The number of fused-ring (bicyclic) bond motifs is 6. The number of rotatable bonds is 10. The highest BCUT2D eigenvalue weighted by atomic mass is 16.3. The molecule has 2 aromatic heterocycles. The van der Waals surface area contributed by atoms with Crippen LogP contribution in [0, 0.1) is 41.5 Å². The van der Waals surface area contributed by atoms with Crippen molar-refractivity contribution in [3.63, 3.8) is 0 Å². The van der Waals surface area contributed by atoms with E-state index in [4.69, 9.17) is 8.83 Å². The number of hydrogen-bond acceptors (Lipinski definition) is 4. The van der Waals surface area contributed by atoms with Crippen LogP contribution in [0.15, 0.2) is 203 Å². The van der Waals surface area contributed by atoms with Crippen molar-refractivity contribution in [2.45, 2.75) is 118 Å². The zero-order valence-corrected chi connectivity index (χ0v) is 50.4. The molecule has 4 heteroatoms. The molecule has 2 aliphatic carbocycles. The maximum absolute atomic E-state index is 7.44. The second-order valence-electron chi connectivity index (χ2n) is 25.6. The Hall–Kier alpha value is -9.12. The van der Waals surface area contributed by atoms with Crippen molar-refractivity contribution < 1.29 is 8.83 Å². The number of anilines is 6. The monoisotopic (exact) mass is 1120 g/mol. The van der Waals surface area contributed by atoms with Gasteiger partial charge in [-0.15, -0.1) is 0 Å². The van der Waals surface area contributed by atoms with Crippen LogP contribution in [0.4, 0.5) is 34.1 Å². The molecule has 0 saturated heterocycles. The lowest BCUT2D eigenvalue weighted by Crippen LogP contribution is -2.15. The topological polar surface area (TPSA) is 32.8 Å². The maximum Gasteiger partial charge on any atom is 0.159 e. The van der Waals surface area contributed by atoms with Crippen LogP contribution < -0.4 is 9.80 Å². The van der Waals surface area contributed by atoms with Crippen molar-refractivity contribution in [3.8, 4) is 22.3 Å². The molecule has 86 heavy (non-hydrogen) atoms. The SMILES string of the molecule is Cc1cc(C)cc(N(c2cc(C3CCCCC3)c3ccc4c(N(c5cc(C)cc(C)c5)c5cccc6c5oc5c(-c7ccccc7C)cccc56)cc(C5CCCCC5)c5ccc2c3c54)c2cccc3c2oc2c(-c4ccccc4C)cccc23)c1. The molecule has 0 spiro atoms. The van der Waals surface area contributed by atoms with Crippen LogP contribution >= 0.6 is 0 Å². The lowest BCUT2D eigenvalue weighted by Gasteiger charge is -2.33. The molecular weight excluding hydrogens is 1040 g/mol. The molecule has 2 saturated carbocycles. The summed E-state index contributed by atoms with van der Waals surface area (Å²) in [6.07, 6.45) is 12.3. The van der Waals surface area contributed by atoms with Gasteiger partial charge in [0.15, 0.2) is 11.2 Å². The summed E-state index contributed by atoms with van der Waals surface area (Å²) in [6.45, 7) is 13.4. The molecule has 422 valence electrons. The lowest BCUT2D eigenvalue weighted by atomic mass is 9.77. The molecule has 16 rings (SSSR count). The van der Waals surface area contributed by atoms with E-state index in [1.54, 1.807) is 0 Å². The van der Waals surface area contributed by atoms with Gasteiger partial charge >= 0.3 is 0 Å². The minimum absolute atomic E-state index is 0.422. The molecular formula is C82H72N2O2. The van der Waals surface area contributed by atoms with Crippen LogP contribution in [0.2, 0.25) is 0 Å². The normalized spacial score (nSPS) is 14.5. The second kappa shape index (κ2) is 20.8. The van der Waals surface area contributed by atoms with Gasteiger partial charge in [-0.2, -0.15) is 0 Å². The lowest BCUT2D eigenvalue weighted by molar-refractivity contribution is 0.445. The fourth-order valence-corrected chi connectivity index (χ4v) is 16.0. The highest BCUT2D eigenvalue weighted by molar-refractivity contribution is 6.30. The largest absolute Gasteiger partial charge is 0.453 e. The summed E-state index contributed by atoms with van der Waals surface area (Å²) in [5.74, 6) is 0.845. The summed E-state index contributed by atoms with van der Waals surface area (Å²) in [7, 11) is 0. The Morgan fingerprint density at radius 2 is 0.640 bits per heavy atom. The fraction of sp³-hybridized carbons (Fsp3) is 0.220. The Kier molecular flexibility index (Phi) is 12.7. The first-order chi connectivity index (χ1) is 42.1. The smallest absolute Gasteiger partial charge is 0.159 e. The number of furan rings is 2. The molecule has 0 atom stereocenters. The Labute approximate surface area is 504 Å². The predicted molar refractivity (Wildman–Crippen MR) is 365 cm³/mol. The number of para-hydroxylation sites is 4. The maximum atomic E-state index is 7.44. The summed E-state index contributed by atoms with van der Waals surface area (Å²) < 4.78 is 14.9. The number of aryl methyl sites for hydroxylation is 6. The van der Waals surface area contributed by atoms with E-state index >= 15 is 0 Å². The molecule has 0 amide bonds. The molecule has 0 unspecified atom stereocenters. The number of nitrogens with zero attached hydrogens (tertiary/aromatic N) is 2. The molecule has 2 fully saturated rings. The Bertz CT molecular complexity index is 4650. The summed E-state index contributed by atoms with van der Waals surface area (Å²) in [5.41, 5.74) is 25.3. The second-order valence-corrected chi connectivity index (χ2v) is 25.6. The Balaban J connectivity index is 1.02. The summed E-state index contributed by atoms with van der Waals surface area (Å²) in [4.78, 5) is 5.16. The van der Waals surface area contributed by atoms with Crippen molar-refractivity contribution in [1.82, 2.24) is 0 Å². The molecule has 0 N–H and O–H groups in total. The van der Waals surface area contributed by atoms with Crippen molar-refractivity contribution in [1.29, 1.82) is 0 Å². The highest BCUT2D eigenvalue weighted by Crippen LogP contribution is 2.55. The van der Waals surface area contributed by atoms with Gasteiger partial charge in [0.2, 0.25) is 0 Å². The van der Waals surface area contributed by atoms with Gasteiger partial charge in [-0.1, -0.05) is 184 Å². The van der Waals surface area contributed by atoms with E-state index in [1.807, 2.05) is 0 Å². The highest BCUT2D eigenvalue weighted by Gasteiger charge is 2.32. The van der Waals surface area contributed by atoms with Gasteiger partial charge in [0.05, 0.1) is 22.7 Å².